The van der Waals surface area contributed by atoms with Gasteiger partial charge >= 0.3 is 0 Å². The van der Waals surface area contributed by atoms with Gasteiger partial charge in [-0.05, 0) is 36.6 Å². The molecule has 1 aromatic rings. The van der Waals surface area contributed by atoms with Crippen molar-refractivity contribution in [1.29, 1.82) is 0 Å². The van der Waals surface area contributed by atoms with Crippen LogP contribution in [0.1, 0.15) is 45.1 Å². The van der Waals surface area contributed by atoms with Gasteiger partial charge in [0.15, 0.2) is 6.29 Å². The molecule has 0 bridgehead atoms. The van der Waals surface area contributed by atoms with Crippen LogP contribution in [0.5, 0.6) is 0 Å². The largest absolute Gasteiger partial charge is 0.365 e. The number of ether oxygens (including phenoxy) is 3. The van der Waals surface area contributed by atoms with E-state index in [0.717, 1.165) is 37.5 Å². The van der Waals surface area contributed by atoms with Gasteiger partial charge in [0.2, 0.25) is 0 Å². The van der Waals surface area contributed by atoms with E-state index >= 15 is 4.39 Å². The maximum Gasteiger partial charge on any atom is 0.190 e. The third kappa shape index (κ3) is 4.67. The molecule has 1 atom stereocenters. The topological polar surface area (TPSA) is 27.7 Å². The average Bonchev–Trinajstić information content (AvgIpc) is 2.66. The molecule has 3 nitrogen and oxygen atoms in total. The Hall–Kier alpha value is -1.63. The first kappa shape index (κ1) is 21.1. The smallest absolute Gasteiger partial charge is 0.190 e. The van der Waals surface area contributed by atoms with Crippen LogP contribution in [0.25, 0.3) is 5.57 Å². The molecule has 1 saturated heterocycles. The van der Waals surface area contributed by atoms with Gasteiger partial charge in [0.25, 0.3) is 0 Å². The quantitative estimate of drug-likeness (QED) is 0.604. The molecule has 0 amide bonds. The van der Waals surface area contributed by atoms with Crippen molar-refractivity contribution in [2.24, 2.45) is 5.92 Å². The van der Waals surface area contributed by atoms with Crippen molar-refractivity contribution in [2.75, 3.05) is 19.8 Å². The molecule has 1 aromatic carbocycles. The van der Waals surface area contributed by atoms with E-state index in [1.54, 1.807) is 6.08 Å². The first-order valence-electron chi connectivity index (χ1n) is 9.89. The average molecular weight is 396 g/mol. The predicted molar refractivity (Wildman–Crippen MR) is 101 cm³/mol. The van der Waals surface area contributed by atoms with Crippen LogP contribution in [-0.2, 0) is 14.2 Å². The van der Waals surface area contributed by atoms with Gasteiger partial charge in [-0.15, -0.1) is 0 Å². The zero-order valence-electron chi connectivity index (χ0n) is 16.3. The Morgan fingerprint density at radius 2 is 1.71 bits per heavy atom. The van der Waals surface area contributed by atoms with Crippen molar-refractivity contribution in [1.82, 2.24) is 0 Å². The standard InChI is InChI=1S/C22H27F3O3/c1-3-5-15-13-26-21(27-14-15)22(28-8-4-2)7-6-19(20(25)12-22)16-9-17(23)11-18(24)10-16/h6-7,9-11,15,21H,3-5,8,12-14H2,1-2H3. The van der Waals surface area contributed by atoms with E-state index in [4.69, 9.17) is 14.2 Å². The van der Waals surface area contributed by atoms with Gasteiger partial charge in [0.05, 0.1) is 13.2 Å². The Morgan fingerprint density at radius 3 is 2.29 bits per heavy atom. The molecule has 1 aliphatic heterocycles. The van der Waals surface area contributed by atoms with Crippen LogP contribution in [-0.4, -0.2) is 31.7 Å². The zero-order valence-corrected chi connectivity index (χ0v) is 16.3. The van der Waals surface area contributed by atoms with E-state index in [0.29, 0.717) is 25.7 Å². The molecule has 2 aliphatic rings. The molecule has 0 saturated carbocycles. The lowest BCUT2D eigenvalue weighted by molar-refractivity contribution is -0.274. The maximum atomic E-state index is 15.1. The van der Waals surface area contributed by atoms with Gasteiger partial charge < -0.3 is 14.2 Å². The van der Waals surface area contributed by atoms with E-state index in [-0.39, 0.29) is 17.6 Å². The molecule has 0 N–H and O–H groups in total. The second kappa shape index (κ2) is 9.25. The molecule has 1 heterocycles. The van der Waals surface area contributed by atoms with E-state index < -0.39 is 29.4 Å². The number of rotatable bonds is 7. The lowest BCUT2D eigenvalue weighted by Crippen LogP contribution is -2.51. The highest BCUT2D eigenvalue weighted by Crippen LogP contribution is 2.40. The third-order valence-corrected chi connectivity index (χ3v) is 5.07. The molecule has 1 aliphatic carbocycles. The van der Waals surface area contributed by atoms with Crippen LogP contribution in [0, 0.1) is 17.6 Å². The number of hydrogen-bond donors (Lipinski definition) is 0. The molecular weight excluding hydrogens is 369 g/mol. The first-order valence-corrected chi connectivity index (χ1v) is 9.89. The second-order valence-electron chi connectivity index (χ2n) is 7.44. The molecular formula is C22H27F3O3. The van der Waals surface area contributed by atoms with Crippen molar-refractivity contribution < 1.29 is 27.4 Å². The normalized spacial score (nSPS) is 28.0. The van der Waals surface area contributed by atoms with E-state index in [1.165, 1.54) is 6.08 Å². The van der Waals surface area contributed by atoms with Gasteiger partial charge in [0.1, 0.15) is 23.1 Å². The first-order chi connectivity index (χ1) is 13.5. The van der Waals surface area contributed by atoms with Gasteiger partial charge in [-0.25, -0.2) is 13.2 Å². The number of allylic oxidation sites excluding steroid dienone is 2. The predicted octanol–water partition coefficient (Wildman–Crippen LogP) is 5.56. The summed E-state index contributed by atoms with van der Waals surface area (Å²) in [4.78, 5) is 0. The highest BCUT2D eigenvalue weighted by molar-refractivity contribution is 5.77. The zero-order chi connectivity index (χ0) is 20.1. The molecule has 1 fully saturated rings. The minimum Gasteiger partial charge on any atom is -0.365 e. The van der Waals surface area contributed by atoms with Crippen LogP contribution in [0.2, 0.25) is 0 Å². The summed E-state index contributed by atoms with van der Waals surface area (Å²) < 4.78 is 60.0. The Bertz CT molecular complexity index is 718. The second-order valence-corrected chi connectivity index (χ2v) is 7.44. The summed E-state index contributed by atoms with van der Waals surface area (Å²) in [6.45, 7) is 5.57. The lowest BCUT2D eigenvalue weighted by Gasteiger charge is -2.42. The fraction of sp³-hybridized carbons (Fsp3) is 0.545. The fourth-order valence-electron chi connectivity index (χ4n) is 3.70. The Labute approximate surface area is 164 Å². The number of benzene rings is 1. The van der Waals surface area contributed by atoms with Crippen LogP contribution >= 0.6 is 0 Å². The summed E-state index contributed by atoms with van der Waals surface area (Å²) in [6, 6.07) is 3.00. The summed E-state index contributed by atoms with van der Waals surface area (Å²) >= 11 is 0. The van der Waals surface area contributed by atoms with Crippen molar-refractivity contribution in [3.63, 3.8) is 0 Å². The molecule has 1 unspecified atom stereocenters. The van der Waals surface area contributed by atoms with Gasteiger partial charge in [-0.2, -0.15) is 0 Å². The van der Waals surface area contributed by atoms with Crippen LogP contribution in [0.15, 0.2) is 36.2 Å². The summed E-state index contributed by atoms with van der Waals surface area (Å²) in [5, 5.41) is 0. The minimum absolute atomic E-state index is 0.111. The molecule has 28 heavy (non-hydrogen) atoms. The van der Waals surface area contributed by atoms with Crippen LogP contribution < -0.4 is 0 Å². The Balaban J connectivity index is 1.82. The van der Waals surface area contributed by atoms with Crippen molar-refractivity contribution in [3.8, 4) is 0 Å². The third-order valence-electron chi connectivity index (χ3n) is 5.07. The molecule has 0 aromatic heterocycles. The Morgan fingerprint density at radius 1 is 1.04 bits per heavy atom. The fourth-order valence-corrected chi connectivity index (χ4v) is 3.70. The monoisotopic (exact) mass is 396 g/mol. The van der Waals surface area contributed by atoms with Gasteiger partial charge in [-0.1, -0.05) is 26.3 Å². The minimum atomic E-state index is -1.09. The van der Waals surface area contributed by atoms with Gasteiger partial charge in [-0.3, -0.25) is 0 Å². The van der Waals surface area contributed by atoms with Crippen molar-refractivity contribution >= 4 is 5.57 Å². The van der Waals surface area contributed by atoms with Crippen molar-refractivity contribution in [3.05, 3.63) is 53.4 Å². The van der Waals surface area contributed by atoms with E-state index in [9.17, 15) is 8.78 Å². The highest BCUT2D eigenvalue weighted by atomic mass is 19.1. The van der Waals surface area contributed by atoms with Gasteiger partial charge in [0, 0.05) is 30.6 Å². The number of hydrogen-bond acceptors (Lipinski definition) is 3. The molecule has 3 rings (SSSR count). The van der Waals surface area contributed by atoms with E-state index in [1.807, 2.05) is 6.92 Å². The lowest BCUT2D eigenvalue weighted by atomic mass is 9.87. The van der Waals surface area contributed by atoms with Crippen LogP contribution in [0.4, 0.5) is 13.2 Å². The molecule has 154 valence electrons. The van der Waals surface area contributed by atoms with Crippen LogP contribution in [0.3, 0.4) is 0 Å². The Kier molecular flexibility index (Phi) is 6.96. The molecule has 0 spiro atoms. The summed E-state index contributed by atoms with van der Waals surface area (Å²) in [6.07, 6.45) is 5.19. The summed E-state index contributed by atoms with van der Waals surface area (Å²) in [5.74, 6) is -1.68. The number of halogens is 3. The van der Waals surface area contributed by atoms with Crippen molar-refractivity contribution in [2.45, 2.75) is 51.4 Å². The maximum absolute atomic E-state index is 15.1. The molecule has 0 radical (unpaired) electrons. The summed E-state index contributed by atoms with van der Waals surface area (Å²) in [5.41, 5.74) is -0.787. The highest BCUT2D eigenvalue weighted by Gasteiger charge is 2.45. The van der Waals surface area contributed by atoms with E-state index in [2.05, 4.69) is 6.92 Å². The molecule has 6 heteroatoms. The summed E-state index contributed by atoms with van der Waals surface area (Å²) in [7, 11) is 0. The SMILES string of the molecule is CCCOC1(C2OCC(CCC)CO2)C=CC(c2cc(F)cc(F)c2)=C(F)C1.